The molecule has 0 aliphatic heterocycles. The zero-order chi connectivity index (χ0) is 19.2. The van der Waals surface area contributed by atoms with Gasteiger partial charge in [-0.25, -0.2) is 0 Å². The van der Waals surface area contributed by atoms with Gasteiger partial charge in [0.15, 0.2) is 11.5 Å². The fraction of sp³-hybridized carbons (Fsp3) is 0.0952. The number of carbonyl (C=O) groups excluding carboxylic acids is 1. The lowest BCUT2D eigenvalue weighted by Crippen LogP contribution is -2.13. The number of anilines is 1. The van der Waals surface area contributed by atoms with Crippen LogP contribution in [0.3, 0.4) is 0 Å². The van der Waals surface area contributed by atoms with Crippen LogP contribution in [0.5, 0.6) is 23.0 Å². The van der Waals surface area contributed by atoms with E-state index in [4.69, 9.17) is 14.2 Å². The molecule has 0 radical (unpaired) electrons. The minimum absolute atomic E-state index is 0.225. The van der Waals surface area contributed by atoms with Crippen LogP contribution in [0.25, 0.3) is 0 Å². The molecule has 0 fully saturated rings. The Labute approximate surface area is 171 Å². The van der Waals surface area contributed by atoms with Crippen LogP contribution < -0.4 is 19.5 Å². The van der Waals surface area contributed by atoms with Crippen LogP contribution in [-0.2, 0) is 0 Å². The molecule has 5 nitrogen and oxygen atoms in total. The van der Waals surface area contributed by atoms with Crippen molar-refractivity contribution in [3.05, 3.63) is 75.9 Å². The number of benzene rings is 3. The van der Waals surface area contributed by atoms with E-state index in [1.165, 1.54) is 7.11 Å². The highest BCUT2D eigenvalue weighted by atomic mass is 127. The molecule has 0 spiro atoms. The first-order valence-corrected chi connectivity index (χ1v) is 9.24. The summed E-state index contributed by atoms with van der Waals surface area (Å²) in [6.07, 6.45) is 0. The van der Waals surface area contributed by atoms with E-state index in [0.29, 0.717) is 28.5 Å². The molecular formula is C21H18INO4. The van der Waals surface area contributed by atoms with Crippen molar-refractivity contribution >= 4 is 34.2 Å². The second kappa shape index (κ2) is 8.77. The van der Waals surface area contributed by atoms with Gasteiger partial charge in [0.2, 0.25) is 0 Å². The van der Waals surface area contributed by atoms with Gasteiger partial charge < -0.3 is 19.5 Å². The molecule has 0 unspecified atom stereocenters. The third-order valence-corrected chi connectivity index (χ3v) is 4.70. The van der Waals surface area contributed by atoms with Crippen LogP contribution in [0.15, 0.2) is 66.7 Å². The SMILES string of the molecule is COc1cc(I)c(C(=O)Nc2ccc(Oc3ccccc3)cc2)cc1OC. The number of amides is 1. The summed E-state index contributed by atoms with van der Waals surface area (Å²) in [7, 11) is 3.10. The van der Waals surface area contributed by atoms with Crippen molar-refractivity contribution in [2.75, 3.05) is 19.5 Å². The standard InChI is InChI=1S/C21H18INO4/c1-25-19-12-17(18(22)13-20(19)26-2)21(24)23-14-8-10-16(11-9-14)27-15-6-4-3-5-7-15/h3-13H,1-2H3,(H,23,24). The van der Waals surface area contributed by atoms with E-state index in [2.05, 4.69) is 27.9 Å². The normalized spacial score (nSPS) is 10.2. The molecule has 138 valence electrons. The number of halogens is 1. The molecule has 27 heavy (non-hydrogen) atoms. The lowest BCUT2D eigenvalue weighted by Gasteiger charge is -2.12. The number of hydrogen-bond acceptors (Lipinski definition) is 4. The van der Waals surface area contributed by atoms with Crippen LogP contribution in [0, 0.1) is 3.57 Å². The third kappa shape index (κ3) is 4.71. The lowest BCUT2D eigenvalue weighted by atomic mass is 10.1. The van der Waals surface area contributed by atoms with Crippen molar-refractivity contribution in [3.63, 3.8) is 0 Å². The third-order valence-electron chi connectivity index (χ3n) is 3.81. The fourth-order valence-corrected chi connectivity index (χ4v) is 3.14. The summed E-state index contributed by atoms with van der Waals surface area (Å²) >= 11 is 2.10. The number of nitrogens with one attached hydrogen (secondary N) is 1. The number of para-hydroxylation sites is 1. The number of ether oxygens (including phenoxy) is 3. The number of carbonyl (C=O) groups is 1. The predicted octanol–water partition coefficient (Wildman–Crippen LogP) is 5.35. The highest BCUT2D eigenvalue weighted by molar-refractivity contribution is 14.1. The minimum Gasteiger partial charge on any atom is -0.493 e. The van der Waals surface area contributed by atoms with Crippen molar-refractivity contribution in [1.82, 2.24) is 0 Å². The van der Waals surface area contributed by atoms with Crippen LogP contribution in [0.4, 0.5) is 5.69 Å². The summed E-state index contributed by atoms with van der Waals surface area (Å²) in [5.74, 6) is 2.32. The van der Waals surface area contributed by atoms with E-state index in [1.54, 1.807) is 31.4 Å². The maximum absolute atomic E-state index is 12.6. The highest BCUT2D eigenvalue weighted by Gasteiger charge is 2.15. The quantitative estimate of drug-likeness (QED) is 0.489. The fourth-order valence-electron chi connectivity index (χ4n) is 2.46. The minimum atomic E-state index is -0.225. The smallest absolute Gasteiger partial charge is 0.256 e. The molecule has 0 aliphatic carbocycles. The largest absolute Gasteiger partial charge is 0.493 e. The molecule has 3 aromatic rings. The van der Waals surface area contributed by atoms with Gasteiger partial charge in [0.25, 0.3) is 5.91 Å². The molecule has 1 amide bonds. The Morgan fingerprint density at radius 1 is 0.852 bits per heavy atom. The molecule has 0 saturated carbocycles. The maximum atomic E-state index is 12.6. The summed E-state index contributed by atoms with van der Waals surface area (Å²) in [5.41, 5.74) is 1.18. The van der Waals surface area contributed by atoms with Crippen molar-refractivity contribution in [1.29, 1.82) is 0 Å². The monoisotopic (exact) mass is 475 g/mol. The van der Waals surface area contributed by atoms with Crippen LogP contribution in [0.1, 0.15) is 10.4 Å². The predicted molar refractivity (Wildman–Crippen MR) is 113 cm³/mol. The molecular weight excluding hydrogens is 457 g/mol. The average molecular weight is 475 g/mol. The van der Waals surface area contributed by atoms with E-state index in [1.807, 2.05) is 42.5 Å². The molecule has 3 aromatic carbocycles. The van der Waals surface area contributed by atoms with Gasteiger partial charge in [-0.05, 0) is 71.1 Å². The second-order valence-corrected chi connectivity index (χ2v) is 6.74. The Balaban J connectivity index is 1.73. The van der Waals surface area contributed by atoms with E-state index in [9.17, 15) is 4.79 Å². The van der Waals surface area contributed by atoms with Crippen LogP contribution in [0.2, 0.25) is 0 Å². The van der Waals surface area contributed by atoms with E-state index in [0.717, 1.165) is 9.32 Å². The van der Waals surface area contributed by atoms with Crippen molar-refractivity contribution in [2.24, 2.45) is 0 Å². The Bertz CT molecular complexity index is 927. The van der Waals surface area contributed by atoms with Gasteiger partial charge in [-0.3, -0.25) is 4.79 Å². The summed E-state index contributed by atoms with van der Waals surface area (Å²) in [5, 5.41) is 2.88. The Morgan fingerprint density at radius 3 is 2.07 bits per heavy atom. The van der Waals surface area contributed by atoms with E-state index < -0.39 is 0 Å². The molecule has 0 atom stereocenters. The summed E-state index contributed by atoms with van der Waals surface area (Å²) < 4.78 is 17.1. The van der Waals surface area contributed by atoms with Gasteiger partial charge in [0, 0.05) is 9.26 Å². The van der Waals surface area contributed by atoms with Gasteiger partial charge in [0.1, 0.15) is 11.5 Å². The molecule has 0 aromatic heterocycles. The zero-order valence-corrected chi connectivity index (χ0v) is 17.0. The second-order valence-electron chi connectivity index (χ2n) is 5.58. The number of methoxy groups -OCH3 is 2. The zero-order valence-electron chi connectivity index (χ0n) is 14.9. The average Bonchev–Trinajstić information content (AvgIpc) is 2.70. The summed E-state index contributed by atoms with van der Waals surface area (Å²) in [6, 6.07) is 20.2. The summed E-state index contributed by atoms with van der Waals surface area (Å²) in [4.78, 5) is 12.6. The highest BCUT2D eigenvalue weighted by Crippen LogP contribution is 2.32. The molecule has 6 heteroatoms. The van der Waals surface area contributed by atoms with Crippen LogP contribution in [-0.4, -0.2) is 20.1 Å². The van der Waals surface area contributed by atoms with Crippen molar-refractivity contribution in [2.45, 2.75) is 0 Å². The van der Waals surface area contributed by atoms with Gasteiger partial charge in [-0.2, -0.15) is 0 Å². The van der Waals surface area contributed by atoms with E-state index in [-0.39, 0.29) is 5.91 Å². The van der Waals surface area contributed by atoms with Crippen molar-refractivity contribution in [3.8, 4) is 23.0 Å². The first kappa shape index (κ1) is 19.0. The Kier molecular flexibility index (Phi) is 6.18. The van der Waals surface area contributed by atoms with Gasteiger partial charge >= 0.3 is 0 Å². The molecule has 0 saturated heterocycles. The Hall–Kier alpha value is -2.74. The number of hydrogen-bond donors (Lipinski definition) is 1. The topological polar surface area (TPSA) is 56.8 Å². The molecule has 1 N–H and O–H groups in total. The van der Waals surface area contributed by atoms with Crippen LogP contribution >= 0.6 is 22.6 Å². The van der Waals surface area contributed by atoms with Gasteiger partial charge in [-0.1, -0.05) is 18.2 Å². The Morgan fingerprint density at radius 2 is 1.44 bits per heavy atom. The first-order valence-electron chi connectivity index (χ1n) is 8.16. The maximum Gasteiger partial charge on any atom is 0.256 e. The summed E-state index contributed by atoms with van der Waals surface area (Å²) in [6.45, 7) is 0. The molecule has 0 heterocycles. The number of rotatable bonds is 6. The van der Waals surface area contributed by atoms with Gasteiger partial charge in [-0.15, -0.1) is 0 Å². The van der Waals surface area contributed by atoms with Crippen molar-refractivity contribution < 1.29 is 19.0 Å². The lowest BCUT2D eigenvalue weighted by molar-refractivity contribution is 0.102. The first-order chi connectivity index (χ1) is 13.1. The van der Waals surface area contributed by atoms with Gasteiger partial charge in [0.05, 0.1) is 19.8 Å². The van der Waals surface area contributed by atoms with E-state index >= 15 is 0 Å². The molecule has 3 rings (SSSR count). The molecule has 0 bridgehead atoms. The molecule has 0 aliphatic rings.